The summed E-state index contributed by atoms with van der Waals surface area (Å²) in [5.41, 5.74) is 4.43. The van der Waals surface area contributed by atoms with Crippen LogP contribution in [0.3, 0.4) is 0 Å². The Bertz CT molecular complexity index is 1520. The Kier molecular flexibility index (Phi) is 11.1. The number of carbonyl (C=O) groups is 3. The molecule has 1 unspecified atom stereocenters. The van der Waals surface area contributed by atoms with E-state index in [2.05, 4.69) is 5.32 Å². The zero-order valence-electron chi connectivity index (χ0n) is 24.9. The number of hydrogen-bond acceptors (Lipinski definition) is 6. The van der Waals surface area contributed by atoms with Gasteiger partial charge in [0.15, 0.2) is 5.78 Å². The maximum absolute atomic E-state index is 13.2. The average molecular weight is 579 g/mol. The van der Waals surface area contributed by atoms with Crippen LogP contribution in [0.2, 0.25) is 0 Å². The standard InChI is InChI=1S/C36H38N2O5/c1-4-12-34(39)38(33-18-11-8-13-26(33)2)23-24-43-29-21-19-27(20-22-29)25-32(36(41)42-3)37-31-17-10-9-16-30(31)35(40)28-14-6-5-7-15-28/h5-11,13-22,32,37H,4,12,23-25H2,1-3H3. The largest absolute Gasteiger partial charge is 0.492 e. The minimum atomic E-state index is -0.714. The van der Waals surface area contributed by atoms with Crippen molar-refractivity contribution in [2.45, 2.75) is 39.2 Å². The quantitative estimate of drug-likeness (QED) is 0.134. The topological polar surface area (TPSA) is 84.9 Å². The van der Waals surface area contributed by atoms with Gasteiger partial charge in [0.1, 0.15) is 18.4 Å². The summed E-state index contributed by atoms with van der Waals surface area (Å²) in [5.74, 6) is 0.170. The molecule has 7 heteroatoms. The third-order valence-electron chi connectivity index (χ3n) is 7.14. The van der Waals surface area contributed by atoms with Crippen LogP contribution in [0.1, 0.15) is 46.8 Å². The van der Waals surface area contributed by atoms with Gasteiger partial charge in [0.25, 0.3) is 0 Å². The van der Waals surface area contributed by atoms with Gasteiger partial charge in [0, 0.05) is 35.3 Å². The van der Waals surface area contributed by atoms with Crippen LogP contribution in [0.5, 0.6) is 5.75 Å². The first-order chi connectivity index (χ1) is 20.9. The summed E-state index contributed by atoms with van der Waals surface area (Å²) in [4.78, 5) is 40.6. The smallest absolute Gasteiger partial charge is 0.328 e. The lowest BCUT2D eigenvalue weighted by Crippen LogP contribution is -2.35. The second kappa shape index (κ2) is 15.4. The fraction of sp³-hybridized carbons (Fsp3) is 0.250. The summed E-state index contributed by atoms with van der Waals surface area (Å²) in [7, 11) is 1.35. The lowest BCUT2D eigenvalue weighted by molar-refractivity contribution is -0.141. The van der Waals surface area contributed by atoms with Gasteiger partial charge in [-0.3, -0.25) is 9.59 Å². The van der Waals surface area contributed by atoms with E-state index in [0.29, 0.717) is 48.6 Å². The van der Waals surface area contributed by atoms with Gasteiger partial charge in [0.2, 0.25) is 5.91 Å². The molecule has 0 aliphatic rings. The number of hydrogen-bond donors (Lipinski definition) is 1. The van der Waals surface area contributed by atoms with Crippen LogP contribution in [0, 0.1) is 6.92 Å². The van der Waals surface area contributed by atoms with E-state index in [-0.39, 0.29) is 11.7 Å². The van der Waals surface area contributed by atoms with E-state index < -0.39 is 12.0 Å². The number of ether oxygens (including phenoxy) is 2. The number of benzene rings is 4. The van der Waals surface area contributed by atoms with Crippen molar-refractivity contribution in [1.29, 1.82) is 0 Å². The van der Waals surface area contributed by atoms with Crippen LogP contribution >= 0.6 is 0 Å². The van der Waals surface area contributed by atoms with E-state index in [4.69, 9.17) is 9.47 Å². The molecular formula is C36H38N2O5. The Hall–Kier alpha value is -4.91. The third-order valence-corrected chi connectivity index (χ3v) is 7.14. The number of nitrogens with zero attached hydrogens (tertiary/aromatic N) is 1. The van der Waals surface area contributed by atoms with E-state index in [0.717, 1.165) is 23.2 Å². The first-order valence-corrected chi connectivity index (χ1v) is 14.5. The summed E-state index contributed by atoms with van der Waals surface area (Å²) < 4.78 is 11.1. The first kappa shape index (κ1) is 31.0. The van der Waals surface area contributed by atoms with Crippen molar-refractivity contribution in [3.8, 4) is 5.75 Å². The molecule has 0 fully saturated rings. The fourth-order valence-electron chi connectivity index (χ4n) is 4.88. The van der Waals surface area contributed by atoms with Gasteiger partial charge < -0.3 is 19.7 Å². The van der Waals surface area contributed by atoms with Crippen LogP contribution < -0.4 is 15.0 Å². The zero-order chi connectivity index (χ0) is 30.6. The molecule has 0 spiro atoms. The second-order valence-corrected chi connectivity index (χ2v) is 10.2. The van der Waals surface area contributed by atoms with Crippen molar-refractivity contribution < 1.29 is 23.9 Å². The molecule has 0 aliphatic carbocycles. The highest BCUT2D eigenvalue weighted by atomic mass is 16.5. The number of anilines is 2. The number of carbonyl (C=O) groups excluding carboxylic acids is 3. The highest BCUT2D eigenvalue weighted by Gasteiger charge is 2.23. The number of esters is 1. The Balaban J connectivity index is 1.42. The molecule has 1 amide bonds. The van der Waals surface area contributed by atoms with Gasteiger partial charge in [-0.1, -0.05) is 79.7 Å². The van der Waals surface area contributed by atoms with Crippen molar-refractivity contribution in [3.05, 3.63) is 125 Å². The Morgan fingerprint density at radius 1 is 0.837 bits per heavy atom. The van der Waals surface area contributed by atoms with Gasteiger partial charge in [-0.05, 0) is 54.8 Å². The molecule has 43 heavy (non-hydrogen) atoms. The van der Waals surface area contributed by atoms with Gasteiger partial charge in [-0.25, -0.2) is 4.79 Å². The minimum absolute atomic E-state index is 0.0733. The molecule has 4 aromatic rings. The molecule has 0 heterocycles. The van der Waals surface area contributed by atoms with Gasteiger partial charge >= 0.3 is 5.97 Å². The predicted molar refractivity (Wildman–Crippen MR) is 170 cm³/mol. The molecule has 0 saturated heterocycles. The molecule has 0 aliphatic heterocycles. The summed E-state index contributed by atoms with van der Waals surface area (Å²) in [6.07, 6.45) is 1.59. The summed E-state index contributed by atoms with van der Waals surface area (Å²) in [5, 5.41) is 3.24. The highest BCUT2D eigenvalue weighted by Crippen LogP contribution is 2.23. The lowest BCUT2D eigenvalue weighted by Gasteiger charge is -2.24. The highest BCUT2D eigenvalue weighted by molar-refractivity contribution is 6.12. The van der Waals surface area contributed by atoms with Crippen molar-refractivity contribution >= 4 is 29.0 Å². The first-order valence-electron chi connectivity index (χ1n) is 14.5. The third kappa shape index (κ3) is 8.32. The lowest BCUT2D eigenvalue weighted by atomic mass is 10.00. The normalized spacial score (nSPS) is 11.3. The molecule has 0 bridgehead atoms. The number of rotatable bonds is 14. The molecule has 1 atom stereocenters. The summed E-state index contributed by atoms with van der Waals surface area (Å²) in [6, 6.07) is 30.8. The Morgan fingerprint density at radius 3 is 2.21 bits per heavy atom. The molecule has 7 nitrogen and oxygen atoms in total. The fourth-order valence-corrected chi connectivity index (χ4v) is 4.88. The van der Waals surface area contributed by atoms with Gasteiger partial charge in [0.05, 0.1) is 13.7 Å². The number of amides is 1. The van der Waals surface area contributed by atoms with Crippen LogP contribution in [0.4, 0.5) is 11.4 Å². The van der Waals surface area contributed by atoms with E-state index in [1.807, 2.05) is 86.6 Å². The van der Waals surface area contributed by atoms with E-state index in [1.165, 1.54) is 7.11 Å². The number of para-hydroxylation sites is 2. The van der Waals surface area contributed by atoms with Crippen molar-refractivity contribution in [1.82, 2.24) is 0 Å². The number of methoxy groups -OCH3 is 1. The zero-order valence-corrected chi connectivity index (χ0v) is 24.9. The SMILES string of the molecule is CCCC(=O)N(CCOc1ccc(CC(Nc2ccccc2C(=O)c2ccccc2)C(=O)OC)cc1)c1ccccc1C. The van der Waals surface area contributed by atoms with E-state index >= 15 is 0 Å². The van der Waals surface area contributed by atoms with Crippen LogP contribution in [0.25, 0.3) is 0 Å². The maximum Gasteiger partial charge on any atom is 0.328 e. The van der Waals surface area contributed by atoms with Crippen molar-refractivity contribution in [2.24, 2.45) is 0 Å². The molecule has 222 valence electrons. The average Bonchev–Trinajstić information content (AvgIpc) is 3.04. The molecule has 0 aromatic heterocycles. The predicted octanol–water partition coefficient (Wildman–Crippen LogP) is 6.63. The second-order valence-electron chi connectivity index (χ2n) is 10.2. The molecular weight excluding hydrogens is 540 g/mol. The number of nitrogens with one attached hydrogen (secondary N) is 1. The molecule has 1 N–H and O–H groups in total. The molecule has 0 radical (unpaired) electrons. The van der Waals surface area contributed by atoms with Crippen LogP contribution in [0.15, 0.2) is 103 Å². The van der Waals surface area contributed by atoms with Crippen molar-refractivity contribution in [3.63, 3.8) is 0 Å². The molecule has 4 aromatic carbocycles. The van der Waals surface area contributed by atoms with Gasteiger partial charge in [-0.15, -0.1) is 0 Å². The van der Waals surface area contributed by atoms with Gasteiger partial charge in [-0.2, -0.15) is 0 Å². The van der Waals surface area contributed by atoms with Crippen LogP contribution in [-0.2, 0) is 20.7 Å². The molecule has 0 saturated carbocycles. The Labute approximate surface area is 253 Å². The maximum atomic E-state index is 13.2. The van der Waals surface area contributed by atoms with Crippen molar-refractivity contribution in [2.75, 3.05) is 30.5 Å². The summed E-state index contributed by atoms with van der Waals surface area (Å²) >= 11 is 0. The van der Waals surface area contributed by atoms with E-state index in [9.17, 15) is 14.4 Å². The Morgan fingerprint density at radius 2 is 1.51 bits per heavy atom. The van der Waals surface area contributed by atoms with Crippen LogP contribution in [-0.4, -0.2) is 44.0 Å². The van der Waals surface area contributed by atoms with E-state index in [1.54, 1.807) is 35.2 Å². The minimum Gasteiger partial charge on any atom is -0.492 e. The monoisotopic (exact) mass is 578 g/mol. The molecule has 4 rings (SSSR count). The number of ketones is 1. The number of aryl methyl sites for hydroxylation is 1. The summed E-state index contributed by atoms with van der Waals surface area (Å²) in [6.45, 7) is 4.76.